The summed E-state index contributed by atoms with van der Waals surface area (Å²) in [6.07, 6.45) is 6.13. The Bertz CT molecular complexity index is 1020. The molecule has 2 heterocycles. The van der Waals surface area contributed by atoms with Gasteiger partial charge < -0.3 is 20.1 Å². The van der Waals surface area contributed by atoms with E-state index in [9.17, 15) is 5.11 Å². The average Bonchev–Trinajstić information content (AvgIpc) is 3.22. The smallest absolute Gasteiger partial charge is 0.220 e. The van der Waals surface area contributed by atoms with E-state index in [2.05, 4.69) is 33.6 Å². The van der Waals surface area contributed by atoms with E-state index < -0.39 is 5.60 Å². The minimum absolute atomic E-state index is 0.177. The van der Waals surface area contributed by atoms with Crippen molar-refractivity contribution in [2.75, 3.05) is 19.5 Å². The van der Waals surface area contributed by atoms with Crippen LogP contribution in [0, 0.1) is 5.92 Å². The molecule has 2 atom stereocenters. The maximum absolute atomic E-state index is 11.2. The summed E-state index contributed by atoms with van der Waals surface area (Å²) in [6.45, 7) is 3.48. The number of halogens is 1. The lowest BCUT2D eigenvalue weighted by molar-refractivity contribution is 0.0409. The number of nitrogens with zero attached hydrogens (tertiary/aromatic N) is 3. The second-order valence-corrected chi connectivity index (χ2v) is 8.17. The topological polar surface area (TPSA) is 86.2 Å². The van der Waals surface area contributed by atoms with E-state index in [1.807, 2.05) is 12.3 Å². The van der Waals surface area contributed by atoms with Gasteiger partial charge in [0, 0.05) is 36.3 Å². The molecule has 1 saturated carbocycles. The Balaban J connectivity index is 1.90. The first kappa shape index (κ1) is 19.2. The molecule has 1 aromatic carbocycles. The Kier molecular flexibility index (Phi) is 5.04. The molecule has 0 bridgehead atoms. The van der Waals surface area contributed by atoms with Crippen LogP contribution >= 0.6 is 11.6 Å². The van der Waals surface area contributed by atoms with E-state index in [4.69, 9.17) is 22.1 Å². The van der Waals surface area contributed by atoms with Crippen LogP contribution in [0.1, 0.15) is 31.7 Å². The maximum Gasteiger partial charge on any atom is 0.220 e. The molecule has 7 heteroatoms. The summed E-state index contributed by atoms with van der Waals surface area (Å²) in [7, 11) is 1.68. The Morgan fingerprint density at radius 3 is 2.96 bits per heavy atom. The molecule has 2 aromatic heterocycles. The van der Waals surface area contributed by atoms with Gasteiger partial charge in [-0.3, -0.25) is 0 Å². The van der Waals surface area contributed by atoms with Crippen LogP contribution in [0.4, 0.5) is 5.95 Å². The van der Waals surface area contributed by atoms with E-state index in [-0.39, 0.29) is 5.95 Å². The third kappa shape index (κ3) is 3.36. The van der Waals surface area contributed by atoms with Crippen LogP contribution in [0.3, 0.4) is 0 Å². The normalized spacial score (nSPS) is 22.2. The maximum atomic E-state index is 11.2. The van der Waals surface area contributed by atoms with Crippen LogP contribution in [0.25, 0.3) is 22.2 Å². The first-order chi connectivity index (χ1) is 13.4. The number of anilines is 1. The van der Waals surface area contributed by atoms with Crippen LogP contribution < -0.4 is 5.73 Å². The van der Waals surface area contributed by atoms with E-state index in [1.165, 1.54) is 6.20 Å². The number of benzene rings is 1. The van der Waals surface area contributed by atoms with Crippen molar-refractivity contribution >= 4 is 28.5 Å². The highest BCUT2D eigenvalue weighted by Gasteiger charge is 2.37. The zero-order chi connectivity index (χ0) is 19.9. The van der Waals surface area contributed by atoms with Crippen LogP contribution in [0.5, 0.6) is 0 Å². The molecule has 0 aliphatic heterocycles. The monoisotopic (exact) mass is 400 g/mol. The summed E-state index contributed by atoms with van der Waals surface area (Å²) < 4.78 is 7.37. The number of aliphatic hydroxyl groups is 1. The zero-order valence-electron chi connectivity index (χ0n) is 16.2. The van der Waals surface area contributed by atoms with Gasteiger partial charge in [-0.1, -0.05) is 24.6 Å². The number of fused-ring (bicyclic) bond motifs is 1. The van der Waals surface area contributed by atoms with Crippen molar-refractivity contribution in [1.82, 2.24) is 14.5 Å². The number of ether oxygens (including phenoxy) is 1. The largest absolute Gasteiger partial charge is 0.385 e. The molecule has 3 N–H and O–H groups in total. The Labute approximate surface area is 169 Å². The van der Waals surface area contributed by atoms with Crippen molar-refractivity contribution in [3.8, 4) is 11.3 Å². The number of rotatable bonds is 5. The summed E-state index contributed by atoms with van der Waals surface area (Å²) >= 11 is 6.39. The third-order valence-corrected chi connectivity index (χ3v) is 5.99. The van der Waals surface area contributed by atoms with Gasteiger partial charge in [-0.25, -0.2) is 9.97 Å². The van der Waals surface area contributed by atoms with Crippen LogP contribution in [0.2, 0.25) is 5.02 Å². The van der Waals surface area contributed by atoms with Crippen LogP contribution in [-0.2, 0) is 16.9 Å². The van der Waals surface area contributed by atoms with Gasteiger partial charge >= 0.3 is 0 Å². The standard InChI is InChI=1S/C21H25ClN4O2/c1-13-5-6-21(27,10-13)14-3-4-18-15(9-14)16(12-26(18)7-8-28-2)19-17(22)11-24-20(23)25-19/h3-4,9,11-13,27H,5-8,10H2,1-2H3,(H2,23,24,25)/t13-,21?/m1/s1. The van der Waals surface area contributed by atoms with E-state index in [0.717, 1.165) is 41.3 Å². The van der Waals surface area contributed by atoms with Gasteiger partial charge in [-0.05, 0) is 42.9 Å². The molecule has 1 aliphatic carbocycles. The minimum Gasteiger partial charge on any atom is -0.385 e. The second-order valence-electron chi connectivity index (χ2n) is 7.77. The van der Waals surface area contributed by atoms with Crippen molar-refractivity contribution < 1.29 is 9.84 Å². The lowest BCUT2D eigenvalue weighted by Crippen LogP contribution is -2.21. The Morgan fingerprint density at radius 1 is 1.43 bits per heavy atom. The summed E-state index contributed by atoms with van der Waals surface area (Å²) in [6, 6.07) is 6.16. The first-order valence-electron chi connectivity index (χ1n) is 9.54. The molecule has 1 aliphatic rings. The summed E-state index contributed by atoms with van der Waals surface area (Å²) in [5.74, 6) is 0.694. The quantitative estimate of drug-likeness (QED) is 0.676. The predicted molar refractivity (Wildman–Crippen MR) is 111 cm³/mol. The second kappa shape index (κ2) is 7.35. The molecule has 4 rings (SSSR count). The predicted octanol–water partition coefficient (Wildman–Crippen LogP) is 3.99. The van der Waals surface area contributed by atoms with Crippen LogP contribution in [-0.4, -0.2) is 33.4 Å². The van der Waals surface area contributed by atoms with Crippen LogP contribution in [0.15, 0.2) is 30.6 Å². The molecule has 0 spiro atoms. The molecule has 6 nitrogen and oxygen atoms in total. The lowest BCUT2D eigenvalue weighted by Gasteiger charge is -2.23. The molecule has 3 aromatic rings. The number of nitrogens with two attached hydrogens (primary N) is 1. The fourth-order valence-corrected chi connectivity index (χ4v) is 4.44. The Hall–Kier alpha value is -2.15. The van der Waals surface area contributed by atoms with E-state index in [1.54, 1.807) is 7.11 Å². The number of aromatic nitrogens is 3. The summed E-state index contributed by atoms with van der Waals surface area (Å²) in [5, 5.41) is 12.6. The van der Waals surface area contributed by atoms with Crippen molar-refractivity contribution in [1.29, 1.82) is 0 Å². The highest BCUT2D eigenvalue weighted by Crippen LogP contribution is 2.44. The van der Waals surface area contributed by atoms with Gasteiger partial charge in [-0.2, -0.15) is 0 Å². The molecular formula is C21H25ClN4O2. The molecule has 0 radical (unpaired) electrons. The molecular weight excluding hydrogens is 376 g/mol. The van der Waals surface area contributed by atoms with Crippen molar-refractivity contribution in [3.05, 3.63) is 41.2 Å². The fraction of sp³-hybridized carbons (Fsp3) is 0.429. The molecule has 28 heavy (non-hydrogen) atoms. The van der Waals surface area contributed by atoms with E-state index in [0.29, 0.717) is 29.8 Å². The number of nitrogen functional groups attached to an aromatic ring is 1. The summed E-state index contributed by atoms with van der Waals surface area (Å²) in [4.78, 5) is 8.34. The number of hydrogen-bond acceptors (Lipinski definition) is 5. The van der Waals surface area contributed by atoms with Gasteiger partial charge in [0.15, 0.2) is 0 Å². The third-order valence-electron chi connectivity index (χ3n) is 5.71. The zero-order valence-corrected chi connectivity index (χ0v) is 16.9. The summed E-state index contributed by atoms with van der Waals surface area (Å²) in [5.41, 5.74) is 8.48. The first-order valence-corrected chi connectivity index (χ1v) is 9.92. The Morgan fingerprint density at radius 2 is 2.25 bits per heavy atom. The highest BCUT2D eigenvalue weighted by atomic mass is 35.5. The minimum atomic E-state index is -0.784. The van der Waals surface area contributed by atoms with Crippen molar-refractivity contribution in [2.24, 2.45) is 5.92 Å². The van der Waals surface area contributed by atoms with Crippen molar-refractivity contribution in [3.63, 3.8) is 0 Å². The van der Waals surface area contributed by atoms with Gasteiger partial charge in [0.1, 0.15) is 0 Å². The molecule has 0 saturated heterocycles. The van der Waals surface area contributed by atoms with Gasteiger partial charge in [0.25, 0.3) is 0 Å². The SMILES string of the molecule is COCCn1cc(-c2nc(N)ncc2Cl)c2cc(C3(O)CC[C@@H](C)C3)ccc21. The van der Waals surface area contributed by atoms with E-state index >= 15 is 0 Å². The number of methoxy groups -OCH3 is 1. The van der Waals surface area contributed by atoms with Crippen molar-refractivity contribution in [2.45, 2.75) is 38.3 Å². The lowest BCUT2D eigenvalue weighted by atomic mass is 9.90. The number of hydrogen-bond donors (Lipinski definition) is 2. The highest BCUT2D eigenvalue weighted by molar-refractivity contribution is 6.33. The molecule has 0 amide bonds. The fourth-order valence-electron chi connectivity index (χ4n) is 4.25. The molecule has 148 valence electrons. The van der Waals surface area contributed by atoms with Gasteiger partial charge in [0.2, 0.25) is 5.95 Å². The van der Waals surface area contributed by atoms with Gasteiger partial charge in [0.05, 0.1) is 29.1 Å². The molecule has 1 unspecified atom stereocenters. The van der Waals surface area contributed by atoms with Gasteiger partial charge in [-0.15, -0.1) is 0 Å². The molecule has 1 fully saturated rings. The average molecular weight is 401 g/mol.